The van der Waals surface area contributed by atoms with E-state index in [4.69, 9.17) is 4.74 Å². The predicted octanol–water partition coefficient (Wildman–Crippen LogP) is 2.49. The standard InChI is InChI=1S/C15H28N2O2/c1-7-19-13(18)16-12-11(17(5)6)10-8-9-15(12,4)14(10,2)3/h10-12H,7-9H2,1-6H3,(H,16,18)/t10-,11-,12+,15-/m1/s1. The van der Waals surface area contributed by atoms with Gasteiger partial charge in [0.2, 0.25) is 0 Å². The molecule has 0 aromatic rings. The normalized spacial score (nSPS) is 39.6. The Kier molecular flexibility index (Phi) is 3.58. The third-order valence-corrected chi connectivity index (χ3v) is 5.96. The van der Waals surface area contributed by atoms with Gasteiger partial charge in [-0.1, -0.05) is 20.8 Å². The lowest BCUT2D eigenvalue weighted by Gasteiger charge is -2.41. The summed E-state index contributed by atoms with van der Waals surface area (Å²) in [5.74, 6) is 0.638. The summed E-state index contributed by atoms with van der Waals surface area (Å²) in [5, 5.41) is 3.14. The molecule has 0 aromatic heterocycles. The van der Waals surface area contributed by atoms with Gasteiger partial charge in [-0.2, -0.15) is 0 Å². The SMILES string of the molecule is CCOC(=O)N[C@H]1[C@H](N(C)C)[C@H]2CC[C@@]1(C)C2(C)C. The van der Waals surface area contributed by atoms with Crippen molar-refractivity contribution in [1.29, 1.82) is 0 Å². The number of alkyl carbamates (subject to hydrolysis) is 1. The number of carbonyl (C=O) groups is 1. The fourth-order valence-corrected chi connectivity index (χ4v) is 4.53. The molecule has 1 N–H and O–H groups in total. The largest absolute Gasteiger partial charge is 0.450 e. The van der Waals surface area contributed by atoms with Gasteiger partial charge in [0.05, 0.1) is 12.6 Å². The maximum Gasteiger partial charge on any atom is 0.407 e. The molecular formula is C15H28N2O2. The van der Waals surface area contributed by atoms with Gasteiger partial charge in [-0.3, -0.25) is 0 Å². The van der Waals surface area contributed by atoms with Crippen molar-refractivity contribution in [2.45, 2.75) is 52.6 Å². The zero-order valence-electron chi connectivity index (χ0n) is 13.1. The highest BCUT2D eigenvalue weighted by Gasteiger charge is 2.67. The Bertz CT molecular complexity index is 367. The molecule has 4 heteroatoms. The summed E-state index contributed by atoms with van der Waals surface area (Å²) < 4.78 is 5.08. The number of likely N-dealkylation sites (N-methyl/N-ethyl adjacent to an activating group) is 1. The van der Waals surface area contributed by atoms with Gasteiger partial charge in [0, 0.05) is 6.04 Å². The van der Waals surface area contributed by atoms with E-state index in [0.29, 0.717) is 18.6 Å². The summed E-state index contributed by atoms with van der Waals surface area (Å²) in [5.41, 5.74) is 0.408. The average Bonchev–Trinajstić information content (AvgIpc) is 2.60. The number of hydrogen-bond donors (Lipinski definition) is 1. The Labute approximate surface area is 116 Å². The van der Waals surface area contributed by atoms with Gasteiger partial charge in [0.1, 0.15) is 0 Å². The third kappa shape index (κ3) is 1.95. The van der Waals surface area contributed by atoms with E-state index in [1.165, 1.54) is 12.8 Å². The van der Waals surface area contributed by atoms with E-state index in [0.717, 1.165) is 0 Å². The first-order chi connectivity index (χ1) is 8.75. The molecule has 4 atom stereocenters. The first kappa shape index (κ1) is 14.6. The van der Waals surface area contributed by atoms with E-state index in [1.807, 2.05) is 6.92 Å². The van der Waals surface area contributed by atoms with Crippen LogP contribution in [0.15, 0.2) is 0 Å². The van der Waals surface area contributed by atoms with Crippen molar-refractivity contribution in [2.24, 2.45) is 16.7 Å². The summed E-state index contributed by atoms with van der Waals surface area (Å²) in [6.45, 7) is 9.31. The number of fused-ring (bicyclic) bond motifs is 2. The van der Waals surface area contributed by atoms with Gasteiger partial charge < -0.3 is 15.0 Å². The van der Waals surface area contributed by atoms with Gasteiger partial charge in [0.15, 0.2) is 0 Å². The highest BCUT2D eigenvalue weighted by atomic mass is 16.5. The molecule has 0 unspecified atom stereocenters. The molecule has 0 aliphatic heterocycles. The molecule has 19 heavy (non-hydrogen) atoms. The van der Waals surface area contributed by atoms with E-state index in [-0.39, 0.29) is 23.0 Å². The molecule has 2 saturated carbocycles. The number of ether oxygens (including phenoxy) is 1. The van der Waals surface area contributed by atoms with Crippen molar-refractivity contribution in [3.8, 4) is 0 Å². The van der Waals surface area contributed by atoms with Gasteiger partial charge in [-0.25, -0.2) is 4.79 Å². The van der Waals surface area contributed by atoms with E-state index in [2.05, 4.69) is 45.1 Å². The number of rotatable bonds is 3. The zero-order chi connectivity index (χ0) is 14.4. The van der Waals surface area contributed by atoms with Gasteiger partial charge in [-0.15, -0.1) is 0 Å². The maximum atomic E-state index is 11.8. The van der Waals surface area contributed by atoms with Crippen molar-refractivity contribution in [3.05, 3.63) is 0 Å². The molecule has 0 saturated heterocycles. The summed E-state index contributed by atoms with van der Waals surface area (Å²) in [6, 6.07) is 0.577. The van der Waals surface area contributed by atoms with Crippen LogP contribution in [-0.4, -0.2) is 43.8 Å². The van der Waals surface area contributed by atoms with Gasteiger partial charge in [-0.05, 0) is 50.6 Å². The van der Waals surface area contributed by atoms with Crippen LogP contribution >= 0.6 is 0 Å². The Morgan fingerprint density at radius 1 is 1.37 bits per heavy atom. The van der Waals surface area contributed by atoms with E-state index in [9.17, 15) is 4.79 Å². The molecular weight excluding hydrogens is 240 g/mol. The second-order valence-electron chi connectivity index (χ2n) is 7.08. The third-order valence-electron chi connectivity index (χ3n) is 5.96. The molecule has 2 bridgehead atoms. The lowest BCUT2D eigenvalue weighted by molar-refractivity contribution is 0.0918. The smallest absolute Gasteiger partial charge is 0.407 e. The summed E-state index contributed by atoms with van der Waals surface area (Å²) >= 11 is 0. The molecule has 2 aliphatic carbocycles. The minimum absolute atomic E-state index is 0.152. The van der Waals surface area contributed by atoms with Crippen LogP contribution in [0, 0.1) is 16.7 Å². The molecule has 2 rings (SSSR count). The molecule has 0 spiro atoms. The summed E-state index contributed by atoms with van der Waals surface area (Å²) in [4.78, 5) is 14.1. The molecule has 110 valence electrons. The van der Waals surface area contributed by atoms with Crippen LogP contribution in [0.3, 0.4) is 0 Å². The van der Waals surface area contributed by atoms with Crippen molar-refractivity contribution in [3.63, 3.8) is 0 Å². The Hall–Kier alpha value is -0.770. The van der Waals surface area contributed by atoms with E-state index in [1.54, 1.807) is 0 Å². The highest BCUT2D eigenvalue weighted by Crippen LogP contribution is 2.66. The highest BCUT2D eigenvalue weighted by molar-refractivity contribution is 5.68. The van der Waals surface area contributed by atoms with Crippen LogP contribution in [0.25, 0.3) is 0 Å². The monoisotopic (exact) mass is 268 g/mol. The topological polar surface area (TPSA) is 41.6 Å². The van der Waals surface area contributed by atoms with E-state index < -0.39 is 0 Å². The van der Waals surface area contributed by atoms with Crippen LogP contribution in [0.2, 0.25) is 0 Å². The van der Waals surface area contributed by atoms with Crippen LogP contribution in [-0.2, 0) is 4.74 Å². The number of amides is 1. The number of carbonyl (C=O) groups excluding carboxylic acids is 1. The Morgan fingerprint density at radius 3 is 2.53 bits per heavy atom. The number of nitrogens with zero attached hydrogens (tertiary/aromatic N) is 1. The molecule has 0 aromatic carbocycles. The molecule has 1 amide bonds. The molecule has 0 heterocycles. The second kappa shape index (κ2) is 4.65. The van der Waals surface area contributed by atoms with Crippen molar-refractivity contribution < 1.29 is 9.53 Å². The van der Waals surface area contributed by atoms with Crippen LogP contribution in [0.5, 0.6) is 0 Å². The van der Waals surface area contributed by atoms with Gasteiger partial charge in [0.25, 0.3) is 0 Å². The van der Waals surface area contributed by atoms with Crippen LogP contribution in [0.1, 0.15) is 40.5 Å². The average molecular weight is 268 g/mol. The van der Waals surface area contributed by atoms with E-state index >= 15 is 0 Å². The second-order valence-corrected chi connectivity index (χ2v) is 7.08. The van der Waals surface area contributed by atoms with Crippen molar-refractivity contribution in [2.75, 3.05) is 20.7 Å². The van der Waals surface area contributed by atoms with Crippen LogP contribution in [0.4, 0.5) is 4.79 Å². The fraction of sp³-hybridized carbons (Fsp3) is 0.933. The van der Waals surface area contributed by atoms with Crippen LogP contribution < -0.4 is 5.32 Å². The van der Waals surface area contributed by atoms with Crippen molar-refractivity contribution in [1.82, 2.24) is 10.2 Å². The minimum atomic E-state index is -0.274. The fourth-order valence-electron chi connectivity index (χ4n) is 4.53. The summed E-state index contributed by atoms with van der Waals surface area (Å²) in [7, 11) is 4.23. The first-order valence-electron chi connectivity index (χ1n) is 7.35. The molecule has 2 aliphatic rings. The Morgan fingerprint density at radius 2 is 2.00 bits per heavy atom. The molecule has 0 radical (unpaired) electrons. The number of nitrogens with one attached hydrogen (secondary N) is 1. The lowest BCUT2D eigenvalue weighted by atomic mass is 9.69. The zero-order valence-corrected chi connectivity index (χ0v) is 13.1. The van der Waals surface area contributed by atoms with Crippen molar-refractivity contribution >= 4 is 6.09 Å². The quantitative estimate of drug-likeness (QED) is 0.855. The number of hydrogen-bond acceptors (Lipinski definition) is 3. The van der Waals surface area contributed by atoms with Gasteiger partial charge >= 0.3 is 6.09 Å². The lowest BCUT2D eigenvalue weighted by Crippen LogP contribution is -2.56. The molecule has 4 nitrogen and oxygen atoms in total. The Balaban J connectivity index is 2.27. The predicted molar refractivity (Wildman–Crippen MR) is 76.0 cm³/mol. The molecule has 2 fully saturated rings. The maximum absolute atomic E-state index is 11.8. The minimum Gasteiger partial charge on any atom is -0.450 e. The summed E-state index contributed by atoms with van der Waals surface area (Å²) in [6.07, 6.45) is 2.17. The first-order valence-corrected chi connectivity index (χ1v) is 7.35.